The molecule has 0 saturated carbocycles. The van der Waals surface area contributed by atoms with Gasteiger partial charge < -0.3 is 4.90 Å². The van der Waals surface area contributed by atoms with E-state index in [1.54, 1.807) is 0 Å². The van der Waals surface area contributed by atoms with Gasteiger partial charge in [-0.1, -0.05) is 228 Å². The van der Waals surface area contributed by atoms with Gasteiger partial charge in [-0.15, -0.1) is 0 Å². The van der Waals surface area contributed by atoms with Crippen LogP contribution in [0.15, 0.2) is 237 Å². The highest BCUT2D eigenvalue weighted by Crippen LogP contribution is 2.64. The minimum Gasteiger partial charge on any atom is -0.310 e. The van der Waals surface area contributed by atoms with E-state index in [0.29, 0.717) is 0 Å². The predicted octanol–water partition coefficient (Wildman–Crippen LogP) is 17.5. The van der Waals surface area contributed by atoms with Crippen LogP contribution in [0.4, 0.5) is 17.1 Å². The number of rotatable bonds is 7. The average Bonchev–Trinajstić information content (AvgIpc) is 3.91. The van der Waals surface area contributed by atoms with Gasteiger partial charge in [0.25, 0.3) is 0 Å². The third kappa shape index (κ3) is 5.69. The third-order valence-electron chi connectivity index (χ3n) is 15.7. The van der Waals surface area contributed by atoms with E-state index in [-0.39, 0.29) is 10.8 Å². The van der Waals surface area contributed by atoms with Crippen LogP contribution in [0.3, 0.4) is 0 Å². The Balaban J connectivity index is 1.05. The van der Waals surface area contributed by atoms with E-state index in [1.165, 1.54) is 100 Å². The second kappa shape index (κ2) is 15.0. The molecule has 0 atom stereocenters. The van der Waals surface area contributed by atoms with Gasteiger partial charge in [-0.2, -0.15) is 0 Å². The van der Waals surface area contributed by atoms with Crippen LogP contribution in [0.5, 0.6) is 0 Å². The highest BCUT2D eigenvalue weighted by molar-refractivity contribution is 6.06. The first-order valence-electron chi connectivity index (χ1n) is 24.1. The molecule has 1 heteroatoms. The molecule has 13 rings (SSSR count). The Morgan fingerprint density at radius 3 is 1.29 bits per heavy atom. The molecule has 3 aliphatic rings. The molecule has 0 radical (unpaired) electrons. The first-order valence-corrected chi connectivity index (χ1v) is 24.1. The molecule has 0 N–H and O–H groups in total. The van der Waals surface area contributed by atoms with E-state index in [1.807, 2.05) is 0 Å². The number of benzene rings is 10. The van der Waals surface area contributed by atoms with E-state index >= 15 is 0 Å². The van der Waals surface area contributed by atoms with E-state index in [0.717, 1.165) is 17.1 Å². The van der Waals surface area contributed by atoms with Crippen molar-refractivity contribution in [2.45, 2.75) is 43.9 Å². The van der Waals surface area contributed by atoms with Crippen molar-refractivity contribution < 1.29 is 0 Å². The van der Waals surface area contributed by atoms with Gasteiger partial charge in [0.2, 0.25) is 0 Å². The molecular weight excluding hydrogens is 819 g/mol. The normalized spacial score (nSPS) is 14.8. The third-order valence-corrected chi connectivity index (χ3v) is 15.7. The summed E-state index contributed by atoms with van der Waals surface area (Å²) in [5.41, 5.74) is 26.0. The monoisotopic (exact) mass is 869 g/mol. The Labute approximate surface area is 400 Å². The molecule has 0 amide bonds. The zero-order valence-electron chi connectivity index (χ0n) is 39.0. The van der Waals surface area contributed by atoms with Crippen LogP contribution in [0.2, 0.25) is 0 Å². The lowest BCUT2D eigenvalue weighted by molar-refractivity contribution is 0.656. The molecule has 0 heterocycles. The van der Waals surface area contributed by atoms with Gasteiger partial charge in [0.1, 0.15) is 0 Å². The Bertz CT molecular complexity index is 3540. The van der Waals surface area contributed by atoms with Crippen LogP contribution in [0.25, 0.3) is 55.6 Å². The van der Waals surface area contributed by atoms with Crippen molar-refractivity contribution in [2.75, 3.05) is 4.90 Å². The van der Waals surface area contributed by atoms with Crippen LogP contribution >= 0.6 is 0 Å². The van der Waals surface area contributed by atoms with Crippen molar-refractivity contribution in [1.29, 1.82) is 0 Å². The maximum atomic E-state index is 2.61. The Morgan fingerprint density at radius 2 is 0.676 bits per heavy atom. The summed E-state index contributed by atoms with van der Waals surface area (Å²) in [6.45, 7) is 9.65. The van der Waals surface area contributed by atoms with Gasteiger partial charge in [-0.05, 0) is 137 Å². The quantitative estimate of drug-likeness (QED) is 0.154. The van der Waals surface area contributed by atoms with Crippen LogP contribution in [0, 0.1) is 0 Å². The molecule has 0 saturated heterocycles. The maximum Gasteiger partial charge on any atom is 0.0713 e. The van der Waals surface area contributed by atoms with Crippen molar-refractivity contribution in [2.24, 2.45) is 0 Å². The van der Waals surface area contributed by atoms with Crippen molar-refractivity contribution in [3.63, 3.8) is 0 Å². The lowest BCUT2D eigenvalue weighted by Crippen LogP contribution is -2.29. The smallest absolute Gasteiger partial charge is 0.0713 e. The fraction of sp³-hybridized carbons (Fsp3) is 0.104. The molecule has 0 aliphatic heterocycles. The van der Waals surface area contributed by atoms with E-state index < -0.39 is 5.41 Å². The van der Waals surface area contributed by atoms with Crippen molar-refractivity contribution >= 4 is 17.1 Å². The highest BCUT2D eigenvalue weighted by Gasteiger charge is 2.50. The molecule has 3 aliphatic carbocycles. The average molecular weight is 870 g/mol. The summed E-state index contributed by atoms with van der Waals surface area (Å²) in [6, 6.07) is 88.6. The number of hydrogen-bond donors (Lipinski definition) is 0. The van der Waals surface area contributed by atoms with Crippen molar-refractivity contribution in [3.05, 3.63) is 281 Å². The summed E-state index contributed by atoms with van der Waals surface area (Å²) >= 11 is 0. The minimum absolute atomic E-state index is 0.131. The van der Waals surface area contributed by atoms with Crippen LogP contribution in [0.1, 0.15) is 72.2 Å². The molecule has 68 heavy (non-hydrogen) atoms. The summed E-state index contributed by atoms with van der Waals surface area (Å²) < 4.78 is 0. The first-order chi connectivity index (χ1) is 33.3. The number of nitrogens with zero attached hydrogens (tertiary/aromatic N) is 1. The second-order valence-electron chi connectivity index (χ2n) is 20.0. The van der Waals surface area contributed by atoms with Gasteiger partial charge >= 0.3 is 0 Å². The van der Waals surface area contributed by atoms with Crippen LogP contribution in [-0.2, 0) is 16.2 Å². The Kier molecular flexibility index (Phi) is 8.89. The van der Waals surface area contributed by atoms with E-state index in [9.17, 15) is 0 Å². The molecule has 0 fully saturated rings. The molecule has 0 unspecified atom stereocenters. The second-order valence-corrected chi connectivity index (χ2v) is 20.0. The van der Waals surface area contributed by atoms with Gasteiger partial charge in [-0.25, -0.2) is 0 Å². The Morgan fingerprint density at radius 1 is 0.265 bits per heavy atom. The molecule has 0 bridgehead atoms. The van der Waals surface area contributed by atoms with Gasteiger partial charge in [0.05, 0.1) is 5.41 Å². The molecule has 324 valence electrons. The molecule has 10 aromatic rings. The number of hydrogen-bond acceptors (Lipinski definition) is 1. The molecular formula is C67H51N. The highest BCUT2D eigenvalue weighted by atomic mass is 15.1. The van der Waals surface area contributed by atoms with Crippen LogP contribution in [-0.4, -0.2) is 0 Å². The van der Waals surface area contributed by atoms with E-state index in [2.05, 4.69) is 269 Å². The molecule has 10 aromatic carbocycles. The molecule has 0 spiro atoms. The number of anilines is 3. The summed E-state index contributed by atoms with van der Waals surface area (Å²) in [5, 5.41) is 0. The minimum atomic E-state index is -0.521. The van der Waals surface area contributed by atoms with Crippen molar-refractivity contribution in [1.82, 2.24) is 0 Å². The Hall–Kier alpha value is -8.00. The lowest BCUT2D eigenvalue weighted by atomic mass is 9.66. The summed E-state index contributed by atoms with van der Waals surface area (Å²) in [5.74, 6) is 0. The SMILES string of the molecule is CC1(C)c2ccccc2-c2ccc(N(c3ccc(-c4ccccc4)cc3)c3ccc4c(c3)C(C)(C)c3cc5c(c(-c6ccccc6)c3-4)-c3ccccc3C5(c3ccccc3)c3ccccc3)cc21. The first kappa shape index (κ1) is 40.3. The summed E-state index contributed by atoms with van der Waals surface area (Å²) in [4.78, 5) is 2.48. The zero-order valence-corrected chi connectivity index (χ0v) is 39.0. The van der Waals surface area contributed by atoms with Gasteiger partial charge in [-0.3, -0.25) is 0 Å². The number of fused-ring (bicyclic) bond motifs is 9. The van der Waals surface area contributed by atoms with Crippen LogP contribution < -0.4 is 4.90 Å². The fourth-order valence-electron chi connectivity index (χ4n) is 12.5. The van der Waals surface area contributed by atoms with Crippen molar-refractivity contribution in [3.8, 4) is 55.6 Å². The molecule has 1 nitrogen and oxygen atoms in total. The summed E-state index contributed by atoms with van der Waals surface area (Å²) in [7, 11) is 0. The zero-order chi connectivity index (χ0) is 45.8. The molecule has 0 aromatic heterocycles. The largest absolute Gasteiger partial charge is 0.310 e. The van der Waals surface area contributed by atoms with E-state index in [4.69, 9.17) is 0 Å². The standard InChI is InChI=1S/C67H51N/c1-65(2)56-31-19-17-29-52(56)53-39-37-50(41-58(53)65)68(49-35-33-45(34-36-49)44-21-9-5-10-22-44)51-38-40-55-59(42-51)66(3,4)60-43-61-64(62(63(55)60)46-23-11-6-12-24-46)54-30-18-20-32-57(54)67(61,47-25-13-7-14-26-47)48-27-15-8-16-28-48/h5-43H,1-4H3. The summed E-state index contributed by atoms with van der Waals surface area (Å²) in [6.07, 6.45) is 0. The fourth-order valence-corrected chi connectivity index (χ4v) is 12.5. The van der Waals surface area contributed by atoms with Gasteiger partial charge in [0, 0.05) is 27.9 Å². The predicted molar refractivity (Wildman–Crippen MR) is 284 cm³/mol. The van der Waals surface area contributed by atoms with Gasteiger partial charge in [0.15, 0.2) is 0 Å². The maximum absolute atomic E-state index is 2.61. The lowest BCUT2D eigenvalue weighted by Gasteiger charge is -2.35. The topological polar surface area (TPSA) is 3.24 Å².